The largest absolute Gasteiger partial charge is 0.472 e. The molecule has 0 aliphatic carbocycles. The van der Waals surface area contributed by atoms with E-state index in [-0.39, 0.29) is 17.7 Å². The fourth-order valence-corrected chi connectivity index (χ4v) is 3.39. The van der Waals surface area contributed by atoms with Crippen molar-refractivity contribution in [3.05, 3.63) is 29.2 Å². The van der Waals surface area contributed by atoms with Gasteiger partial charge in [0.1, 0.15) is 11.3 Å². The number of hydrogen-bond donors (Lipinski definition) is 1. The first-order valence-corrected chi connectivity index (χ1v) is 8.82. The Labute approximate surface area is 144 Å². The molecule has 7 nitrogen and oxygen atoms in total. The zero-order valence-corrected chi connectivity index (χ0v) is 14.5. The second-order valence-electron chi connectivity index (χ2n) is 6.17. The number of amides is 2. The molecule has 8 heteroatoms. The van der Waals surface area contributed by atoms with Crippen LogP contribution in [-0.4, -0.2) is 40.0 Å². The topological polar surface area (TPSA) is 88.3 Å². The van der Waals surface area contributed by atoms with E-state index in [0.717, 1.165) is 5.01 Å². The maximum Gasteiger partial charge on any atom is 0.257 e. The molecule has 1 aliphatic rings. The van der Waals surface area contributed by atoms with Crippen molar-refractivity contribution in [2.24, 2.45) is 5.92 Å². The van der Waals surface area contributed by atoms with Crippen LogP contribution in [0.1, 0.15) is 48.0 Å². The molecular formula is C16H20N4O3S. The lowest BCUT2D eigenvalue weighted by molar-refractivity contribution is -0.121. The quantitative estimate of drug-likeness (QED) is 0.918. The van der Waals surface area contributed by atoms with Crippen molar-refractivity contribution in [1.82, 2.24) is 15.1 Å². The van der Waals surface area contributed by atoms with Crippen LogP contribution in [0.5, 0.6) is 0 Å². The number of piperidine rings is 1. The minimum absolute atomic E-state index is 0.0446. The molecule has 128 valence electrons. The Hall–Kier alpha value is -2.22. The van der Waals surface area contributed by atoms with Gasteiger partial charge in [-0.2, -0.15) is 0 Å². The lowest BCUT2D eigenvalue weighted by Gasteiger charge is -2.30. The van der Waals surface area contributed by atoms with E-state index in [9.17, 15) is 9.59 Å². The SMILES string of the molecule is CC(C)c1nnc(NC(=O)C2CCN(C(=O)c3ccoc3)CC2)s1. The fraction of sp³-hybridized carbons (Fsp3) is 0.500. The van der Waals surface area contributed by atoms with Crippen molar-refractivity contribution in [1.29, 1.82) is 0 Å². The Balaban J connectivity index is 1.52. The molecule has 3 rings (SSSR count). The van der Waals surface area contributed by atoms with Gasteiger partial charge in [0.25, 0.3) is 5.91 Å². The zero-order valence-electron chi connectivity index (χ0n) is 13.7. The molecular weight excluding hydrogens is 328 g/mol. The van der Waals surface area contributed by atoms with Crippen molar-refractivity contribution in [2.45, 2.75) is 32.6 Å². The summed E-state index contributed by atoms with van der Waals surface area (Å²) in [7, 11) is 0. The van der Waals surface area contributed by atoms with E-state index < -0.39 is 0 Å². The Morgan fingerprint density at radius 1 is 1.33 bits per heavy atom. The smallest absolute Gasteiger partial charge is 0.257 e. The number of aromatic nitrogens is 2. The zero-order chi connectivity index (χ0) is 17.1. The lowest BCUT2D eigenvalue weighted by Crippen LogP contribution is -2.41. The fourth-order valence-electron chi connectivity index (χ4n) is 2.64. The molecule has 0 aromatic carbocycles. The number of furan rings is 1. The number of carbonyl (C=O) groups is 2. The molecule has 0 radical (unpaired) electrons. The molecule has 2 aromatic rings. The lowest BCUT2D eigenvalue weighted by atomic mass is 9.95. The average molecular weight is 348 g/mol. The van der Waals surface area contributed by atoms with Gasteiger partial charge in [0.2, 0.25) is 11.0 Å². The van der Waals surface area contributed by atoms with Crippen molar-refractivity contribution in [2.75, 3.05) is 18.4 Å². The van der Waals surface area contributed by atoms with E-state index in [4.69, 9.17) is 4.42 Å². The molecule has 3 heterocycles. The van der Waals surface area contributed by atoms with Crippen LogP contribution in [0.25, 0.3) is 0 Å². The number of nitrogens with zero attached hydrogens (tertiary/aromatic N) is 3. The van der Waals surface area contributed by atoms with Crippen LogP contribution >= 0.6 is 11.3 Å². The van der Waals surface area contributed by atoms with Crippen LogP contribution in [0.2, 0.25) is 0 Å². The number of rotatable bonds is 4. The first kappa shape index (κ1) is 16.6. The van der Waals surface area contributed by atoms with Gasteiger partial charge in [0.05, 0.1) is 11.8 Å². The second kappa shape index (κ2) is 7.12. The van der Waals surface area contributed by atoms with E-state index in [2.05, 4.69) is 15.5 Å². The number of anilines is 1. The van der Waals surface area contributed by atoms with E-state index in [1.807, 2.05) is 13.8 Å². The molecule has 2 amide bonds. The molecule has 1 saturated heterocycles. The predicted octanol–water partition coefficient (Wildman–Crippen LogP) is 2.75. The normalized spacial score (nSPS) is 15.7. The molecule has 1 aliphatic heterocycles. The van der Waals surface area contributed by atoms with Gasteiger partial charge in [-0.05, 0) is 18.9 Å². The first-order valence-electron chi connectivity index (χ1n) is 8.00. The van der Waals surface area contributed by atoms with Crippen LogP contribution in [0, 0.1) is 5.92 Å². The van der Waals surface area contributed by atoms with Gasteiger partial charge >= 0.3 is 0 Å². The van der Waals surface area contributed by atoms with Crippen LogP contribution in [0.3, 0.4) is 0 Å². The van der Waals surface area contributed by atoms with Gasteiger partial charge in [-0.1, -0.05) is 25.2 Å². The number of carbonyl (C=O) groups excluding carboxylic acids is 2. The van der Waals surface area contributed by atoms with Gasteiger partial charge in [0, 0.05) is 24.9 Å². The van der Waals surface area contributed by atoms with Crippen molar-refractivity contribution in [3.8, 4) is 0 Å². The number of likely N-dealkylation sites (tertiary alicyclic amines) is 1. The molecule has 0 bridgehead atoms. The van der Waals surface area contributed by atoms with E-state index in [0.29, 0.717) is 42.5 Å². The Kier molecular flexibility index (Phi) is 4.94. The summed E-state index contributed by atoms with van der Waals surface area (Å²) in [5, 5.41) is 12.4. The average Bonchev–Trinajstić information content (AvgIpc) is 3.26. The summed E-state index contributed by atoms with van der Waals surface area (Å²) in [6, 6.07) is 1.66. The summed E-state index contributed by atoms with van der Waals surface area (Å²) >= 11 is 1.41. The highest BCUT2D eigenvalue weighted by atomic mass is 32.1. The van der Waals surface area contributed by atoms with E-state index in [1.54, 1.807) is 11.0 Å². The van der Waals surface area contributed by atoms with Crippen LogP contribution in [-0.2, 0) is 4.79 Å². The van der Waals surface area contributed by atoms with Crippen LogP contribution in [0.15, 0.2) is 23.0 Å². The van der Waals surface area contributed by atoms with Gasteiger partial charge in [-0.3, -0.25) is 9.59 Å². The molecule has 0 saturated carbocycles. The summed E-state index contributed by atoms with van der Waals surface area (Å²) in [6.07, 6.45) is 4.22. The van der Waals surface area contributed by atoms with Crippen LogP contribution < -0.4 is 5.32 Å². The van der Waals surface area contributed by atoms with Crippen LogP contribution in [0.4, 0.5) is 5.13 Å². The Bertz CT molecular complexity index is 703. The molecule has 24 heavy (non-hydrogen) atoms. The highest BCUT2D eigenvalue weighted by Gasteiger charge is 2.28. The highest BCUT2D eigenvalue weighted by molar-refractivity contribution is 7.15. The third-order valence-corrected chi connectivity index (χ3v) is 5.23. The summed E-state index contributed by atoms with van der Waals surface area (Å²) < 4.78 is 4.95. The Morgan fingerprint density at radius 2 is 2.08 bits per heavy atom. The maximum absolute atomic E-state index is 12.4. The summed E-state index contributed by atoms with van der Waals surface area (Å²) in [5.74, 6) is 0.0975. The minimum Gasteiger partial charge on any atom is -0.472 e. The summed E-state index contributed by atoms with van der Waals surface area (Å²) in [5.41, 5.74) is 0.549. The monoisotopic (exact) mass is 348 g/mol. The molecule has 2 aromatic heterocycles. The third kappa shape index (κ3) is 3.64. The van der Waals surface area contributed by atoms with E-state index in [1.165, 1.54) is 23.9 Å². The van der Waals surface area contributed by atoms with E-state index >= 15 is 0 Å². The number of nitrogens with one attached hydrogen (secondary N) is 1. The summed E-state index contributed by atoms with van der Waals surface area (Å²) in [6.45, 7) is 5.21. The van der Waals surface area contributed by atoms with Gasteiger partial charge in [0.15, 0.2) is 0 Å². The summed E-state index contributed by atoms with van der Waals surface area (Å²) in [4.78, 5) is 26.4. The predicted molar refractivity (Wildman–Crippen MR) is 90.0 cm³/mol. The van der Waals surface area contributed by atoms with Crippen molar-refractivity contribution >= 4 is 28.3 Å². The van der Waals surface area contributed by atoms with Gasteiger partial charge in [-0.25, -0.2) is 0 Å². The van der Waals surface area contributed by atoms with Crippen molar-refractivity contribution < 1.29 is 14.0 Å². The molecule has 1 fully saturated rings. The van der Waals surface area contributed by atoms with Crippen molar-refractivity contribution in [3.63, 3.8) is 0 Å². The second-order valence-corrected chi connectivity index (χ2v) is 7.18. The maximum atomic E-state index is 12.4. The van der Waals surface area contributed by atoms with Gasteiger partial charge in [-0.15, -0.1) is 10.2 Å². The standard InChI is InChI=1S/C16H20N4O3S/c1-10(2)14-18-19-16(24-14)17-13(21)11-3-6-20(7-4-11)15(22)12-5-8-23-9-12/h5,8-11H,3-4,6-7H2,1-2H3,(H,17,19,21). The first-order chi connectivity index (χ1) is 11.5. The molecule has 0 unspecified atom stereocenters. The molecule has 1 N–H and O–H groups in total. The third-order valence-electron chi connectivity index (χ3n) is 4.09. The Morgan fingerprint density at radius 3 is 2.67 bits per heavy atom. The highest BCUT2D eigenvalue weighted by Crippen LogP contribution is 2.25. The number of hydrogen-bond acceptors (Lipinski definition) is 6. The molecule has 0 atom stereocenters. The minimum atomic E-state index is -0.107. The van der Waals surface area contributed by atoms with Gasteiger partial charge < -0.3 is 14.6 Å². The molecule has 0 spiro atoms.